The first-order valence-electron chi connectivity index (χ1n) is 9.26. The highest BCUT2D eigenvalue weighted by atomic mass is 32.2. The molecular weight excluding hydrogens is 352 g/mol. The van der Waals surface area contributed by atoms with Crippen molar-refractivity contribution < 1.29 is 4.79 Å². The Balaban J connectivity index is 1.49. The molecule has 0 saturated heterocycles. The second-order valence-electron chi connectivity index (χ2n) is 6.77. The van der Waals surface area contributed by atoms with Crippen molar-refractivity contribution in [1.29, 1.82) is 0 Å². The van der Waals surface area contributed by atoms with Crippen LogP contribution in [0, 0.1) is 0 Å². The number of carbonyl (C=O) groups is 1. The fourth-order valence-electron chi connectivity index (χ4n) is 3.41. The van der Waals surface area contributed by atoms with Gasteiger partial charge in [-0.2, -0.15) is 0 Å². The SMILES string of the molecule is O=C([C@@H]1Cc2ccccc2S1)N(CCc1ccccc1)Cc1ccncc1. The number of nitrogens with zero attached hydrogens (tertiary/aromatic N) is 2. The van der Waals surface area contributed by atoms with Gasteiger partial charge in [0.1, 0.15) is 0 Å². The van der Waals surface area contributed by atoms with Gasteiger partial charge >= 0.3 is 0 Å². The van der Waals surface area contributed by atoms with E-state index in [-0.39, 0.29) is 11.2 Å². The Morgan fingerprint density at radius 1 is 0.963 bits per heavy atom. The lowest BCUT2D eigenvalue weighted by atomic mass is 10.1. The number of carbonyl (C=O) groups excluding carboxylic acids is 1. The van der Waals surface area contributed by atoms with Crippen molar-refractivity contribution in [3.05, 3.63) is 95.8 Å². The summed E-state index contributed by atoms with van der Waals surface area (Å²) in [7, 11) is 0. The van der Waals surface area contributed by atoms with Gasteiger partial charge in [-0.05, 0) is 47.7 Å². The van der Waals surface area contributed by atoms with E-state index in [0.29, 0.717) is 6.54 Å². The maximum absolute atomic E-state index is 13.3. The fourth-order valence-corrected chi connectivity index (χ4v) is 4.69. The normalized spacial score (nSPS) is 15.3. The predicted molar refractivity (Wildman–Crippen MR) is 110 cm³/mol. The first kappa shape index (κ1) is 17.8. The smallest absolute Gasteiger partial charge is 0.236 e. The number of rotatable bonds is 6. The van der Waals surface area contributed by atoms with E-state index in [1.807, 2.05) is 41.3 Å². The summed E-state index contributed by atoms with van der Waals surface area (Å²) in [4.78, 5) is 20.7. The molecule has 1 aliphatic rings. The molecule has 0 bridgehead atoms. The number of amides is 1. The molecule has 1 amide bonds. The van der Waals surface area contributed by atoms with E-state index >= 15 is 0 Å². The maximum atomic E-state index is 13.3. The Kier molecular flexibility index (Phi) is 5.54. The molecule has 3 aromatic rings. The second-order valence-corrected chi connectivity index (χ2v) is 8.01. The van der Waals surface area contributed by atoms with Crippen molar-refractivity contribution in [2.24, 2.45) is 0 Å². The molecular formula is C23H22N2OS. The standard InChI is InChI=1S/C23H22N2OS/c26-23(22-16-20-8-4-5-9-21(20)27-22)25(17-19-10-13-24-14-11-19)15-12-18-6-2-1-3-7-18/h1-11,13-14,22H,12,15-17H2/t22-/m0/s1. The summed E-state index contributed by atoms with van der Waals surface area (Å²) in [6.45, 7) is 1.35. The Hall–Kier alpha value is -2.59. The van der Waals surface area contributed by atoms with Crippen molar-refractivity contribution in [3.8, 4) is 0 Å². The van der Waals surface area contributed by atoms with E-state index in [1.165, 1.54) is 16.0 Å². The zero-order chi connectivity index (χ0) is 18.5. The third-order valence-electron chi connectivity index (χ3n) is 4.87. The van der Waals surface area contributed by atoms with Gasteiger partial charge in [-0.3, -0.25) is 9.78 Å². The molecule has 27 heavy (non-hydrogen) atoms. The minimum Gasteiger partial charge on any atom is -0.337 e. The summed E-state index contributed by atoms with van der Waals surface area (Å²) in [6, 6.07) is 22.7. The third kappa shape index (κ3) is 4.40. The summed E-state index contributed by atoms with van der Waals surface area (Å²) in [5.41, 5.74) is 3.66. The summed E-state index contributed by atoms with van der Waals surface area (Å²) >= 11 is 1.70. The van der Waals surface area contributed by atoms with Gasteiger partial charge in [0.05, 0.1) is 5.25 Å². The zero-order valence-electron chi connectivity index (χ0n) is 15.1. The predicted octanol–water partition coefficient (Wildman–Crippen LogP) is 4.37. The molecule has 0 aliphatic carbocycles. The van der Waals surface area contributed by atoms with Crippen LogP contribution in [0.1, 0.15) is 16.7 Å². The number of hydrogen-bond acceptors (Lipinski definition) is 3. The molecule has 0 fully saturated rings. The van der Waals surface area contributed by atoms with Gasteiger partial charge in [0.25, 0.3) is 0 Å². The van der Waals surface area contributed by atoms with Gasteiger partial charge < -0.3 is 4.90 Å². The van der Waals surface area contributed by atoms with Crippen molar-refractivity contribution >= 4 is 17.7 Å². The third-order valence-corrected chi connectivity index (χ3v) is 6.18. The molecule has 0 spiro atoms. The maximum Gasteiger partial charge on any atom is 0.236 e. The minimum atomic E-state index is -0.0278. The minimum absolute atomic E-state index is 0.0278. The van der Waals surface area contributed by atoms with Crippen LogP contribution in [-0.2, 0) is 24.2 Å². The summed E-state index contributed by atoms with van der Waals surface area (Å²) < 4.78 is 0. The molecule has 4 rings (SSSR count). The first-order valence-corrected chi connectivity index (χ1v) is 10.1. The highest BCUT2D eigenvalue weighted by molar-refractivity contribution is 8.01. The van der Waals surface area contributed by atoms with Gasteiger partial charge in [-0.1, -0.05) is 48.5 Å². The Labute approximate surface area is 164 Å². The van der Waals surface area contributed by atoms with E-state index in [9.17, 15) is 4.79 Å². The highest BCUT2D eigenvalue weighted by Crippen LogP contribution is 2.37. The summed E-state index contributed by atoms with van der Waals surface area (Å²) in [6.07, 6.45) is 5.25. The van der Waals surface area contributed by atoms with Gasteiger partial charge in [0, 0.05) is 30.4 Å². The lowest BCUT2D eigenvalue weighted by Gasteiger charge is -2.25. The van der Waals surface area contributed by atoms with Crippen LogP contribution in [0.2, 0.25) is 0 Å². The van der Waals surface area contributed by atoms with E-state index < -0.39 is 0 Å². The van der Waals surface area contributed by atoms with Crippen molar-refractivity contribution in [3.63, 3.8) is 0 Å². The molecule has 0 saturated carbocycles. The molecule has 1 atom stereocenters. The molecule has 0 N–H and O–H groups in total. The highest BCUT2D eigenvalue weighted by Gasteiger charge is 2.31. The molecule has 0 unspecified atom stereocenters. The van der Waals surface area contributed by atoms with Crippen LogP contribution in [0.3, 0.4) is 0 Å². The van der Waals surface area contributed by atoms with E-state index in [1.54, 1.807) is 24.2 Å². The summed E-state index contributed by atoms with van der Waals surface area (Å²) in [5.74, 6) is 0.226. The topological polar surface area (TPSA) is 33.2 Å². The molecule has 0 radical (unpaired) electrons. The van der Waals surface area contributed by atoms with Gasteiger partial charge in [0.2, 0.25) is 5.91 Å². The van der Waals surface area contributed by atoms with E-state index in [2.05, 4.69) is 35.3 Å². The Morgan fingerprint density at radius 3 is 2.48 bits per heavy atom. The van der Waals surface area contributed by atoms with E-state index in [4.69, 9.17) is 0 Å². The van der Waals surface area contributed by atoms with Crippen LogP contribution >= 0.6 is 11.8 Å². The number of pyridine rings is 1. The molecule has 1 aromatic heterocycles. The molecule has 4 heteroatoms. The number of hydrogen-bond donors (Lipinski definition) is 0. The summed E-state index contributed by atoms with van der Waals surface area (Å²) in [5, 5.41) is -0.0278. The zero-order valence-corrected chi connectivity index (χ0v) is 15.9. The lowest BCUT2D eigenvalue weighted by Crippen LogP contribution is -2.38. The van der Waals surface area contributed by atoms with Crippen LogP contribution in [0.25, 0.3) is 0 Å². The molecule has 3 nitrogen and oxygen atoms in total. The van der Waals surface area contributed by atoms with Crippen LogP contribution in [0.4, 0.5) is 0 Å². The monoisotopic (exact) mass is 374 g/mol. The van der Waals surface area contributed by atoms with Gasteiger partial charge in [0.15, 0.2) is 0 Å². The fraction of sp³-hybridized carbons (Fsp3) is 0.217. The Bertz CT molecular complexity index is 874. The average molecular weight is 375 g/mol. The van der Waals surface area contributed by atoms with Crippen LogP contribution < -0.4 is 0 Å². The quantitative estimate of drug-likeness (QED) is 0.642. The van der Waals surface area contributed by atoms with Crippen LogP contribution in [0.15, 0.2) is 84.0 Å². The van der Waals surface area contributed by atoms with Crippen LogP contribution in [-0.4, -0.2) is 27.6 Å². The molecule has 2 heterocycles. The first-order chi connectivity index (χ1) is 13.3. The van der Waals surface area contributed by atoms with Gasteiger partial charge in [-0.25, -0.2) is 0 Å². The van der Waals surface area contributed by atoms with Gasteiger partial charge in [-0.15, -0.1) is 11.8 Å². The number of thioether (sulfide) groups is 1. The lowest BCUT2D eigenvalue weighted by molar-refractivity contribution is -0.131. The second kappa shape index (κ2) is 8.40. The van der Waals surface area contributed by atoms with Crippen LogP contribution in [0.5, 0.6) is 0 Å². The number of fused-ring (bicyclic) bond motifs is 1. The van der Waals surface area contributed by atoms with Crippen molar-refractivity contribution in [2.75, 3.05) is 6.54 Å². The van der Waals surface area contributed by atoms with Crippen molar-refractivity contribution in [1.82, 2.24) is 9.88 Å². The Morgan fingerprint density at radius 2 is 1.70 bits per heavy atom. The number of benzene rings is 2. The molecule has 136 valence electrons. The molecule has 2 aromatic carbocycles. The molecule has 1 aliphatic heterocycles. The average Bonchev–Trinajstić information content (AvgIpc) is 3.16. The van der Waals surface area contributed by atoms with Crippen molar-refractivity contribution in [2.45, 2.75) is 29.5 Å². The largest absolute Gasteiger partial charge is 0.337 e. The number of aromatic nitrogens is 1. The van der Waals surface area contributed by atoms with E-state index in [0.717, 1.165) is 24.9 Å².